The van der Waals surface area contributed by atoms with E-state index < -0.39 is 5.60 Å². The molecular weight excluding hydrogens is 292 g/mol. The second kappa shape index (κ2) is 6.19. The summed E-state index contributed by atoms with van der Waals surface area (Å²) in [6.45, 7) is 6.45. The minimum Gasteiger partial charge on any atom is -0.469 e. The summed E-state index contributed by atoms with van der Waals surface area (Å²) in [5.74, 6) is 1.11. The number of furan rings is 1. The first-order valence-electron chi connectivity index (χ1n) is 8.68. The third-order valence-corrected chi connectivity index (χ3v) is 4.82. The Kier molecular flexibility index (Phi) is 4.41. The number of amides is 1. The van der Waals surface area contributed by atoms with Crippen molar-refractivity contribution in [3.63, 3.8) is 0 Å². The first kappa shape index (κ1) is 16.4. The zero-order valence-electron chi connectivity index (χ0n) is 14.4. The molecule has 1 atom stereocenters. The van der Waals surface area contributed by atoms with Crippen LogP contribution in [-0.4, -0.2) is 23.8 Å². The lowest BCUT2D eigenvalue weighted by atomic mass is 9.76. The third kappa shape index (κ3) is 3.89. The molecule has 1 unspecified atom stereocenters. The molecule has 1 aromatic heterocycles. The second-order valence-corrected chi connectivity index (χ2v) is 7.89. The maximum atomic E-state index is 12.1. The Balaban J connectivity index is 1.57. The minimum absolute atomic E-state index is 0.163. The van der Waals surface area contributed by atoms with Crippen molar-refractivity contribution >= 4 is 6.09 Å². The number of nitrogens with one attached hydrogen (secondary N) is 2. The lowest BCUT2D eigenvalue weighted by Gasteiger charge is -2.43. The number of carbonyl (C=O) groups is 1. The van der Waals surface area contributed by atoms with E-state index >= 15 is 0 Å². The van der Waals surface area contributed by atoms with E-state index in [9.17, 15) is 4.79 Å². The summed E-state index contributed by atoms with van der Waals surface area (Å²) in [7, 11) is 0. The SMILES string of the molecule is CC(C)(C)OC(=O)NC1(CNC2CCCc3occc32)CCC1. The molecule has 0 radical (unpaired) electrons. The van der Waals surface area contributed by atoms with Gasteiger partial charge in [-0.15, -0.1) is 0 Å². The standard InChI is InChI=1S/C18H28N2O3/c1-17(2,3)23-16(21)20-18(9-5-10-18)12-19-14-6-4-7-15-13(14)8-11-22-15/h8,11,14,19H,4-7,9-10,12H2,1-3H3,(H,20,21). The van der Waals surface area contributed by atoms with Gasteiger partial charge in [0.25, 0.3) is 0 Å². The van der Waals surface area contributed by atoms with Crippen molar-refractivity contribution < 1.29 is 13.9 Å². The Morgan fingerprint density at radius 2 is 2.17 bits per heavy atom. The van der Waals surface area contributed by atoms with Gasteiger partial charge in [0.05, 0.1) is 11.8 Å². The van der Waals surface area contributed by atoms with Gasteiger partial charge in [0.2, 0.25) is 0 Å². The summed E-state index contributed by atoms with van der Waals surface area (Å²) in [6.07, 6.45) is 7.92. The molecule has 2 aliphatic rings. The molecular formula is C18H28N2O3. The molecule has 0 spiro atoms. The van der Waals surface area contributed by atoms with Gasteiger partial charge in [0.1, 0.15) is 11.4 Å². The molecule has 5 heteroatoms. The van der Waals surface area contributed by atoms with Crippen molar-refractivity contribution in [2.24, 2.45) is 0 Å². The van der Waals surface area contributed by atoms with Crippen LogP contribution in [0.2, 0.25) is 0 Å². The van der Waals surface area contributed by atoms with Gasteiger partial charge < -0.3 is 19.8 Å². The van der Waals surface area contributed by atoms with Crippen molar-refractivity contribution in [2.75, 3.05) is 6.54 Å². The molecule has 1 amide bonds. The fourth-order valence-corrected chi connectivity index (χ4v) is 3.49. The van der Waals surface area contributed by atoms with Gasteiger partial charge in [-0.2, -0.15) is 0 Å². The van der Waals surface area contributed by atoms with E-state index in [4.69, 9.17) is 9.15 Å². The van der Waals surface area contributed by atoms with Crippen molar-refractivity contribution in [3.8, 4) is 0 Å². The van der Waals surface area contributed by atoms with Gasteiger partial charge >= 0.3 is 6.09 Å². The van der Waals surface area contributed by atoms with Crippen LogP contribution in [0, 0.1) is 0 Å². The number of aryl methyl sites for hydroxylation is 1. The molecule has 1 aromatic rings. The minimum atomic E-state index is -0.461. The highest BCUT2D eigenvalue weighted by atomic mass is 16.6. The fraction of sp³-hybridized carbons (Fsp3) is 0.722. The van der Waals surface area contributed by atoms with Crippen LogP contribution in [0.25, 0.3) is 0 Å². The van der Waals surface area contributed by atoms with Crippen LogP contribution < -0.4 is 10.6 Å². The Labute approximate surface area is 138 Å². The molecule has 0 aromatic carbocycles. The predicted octanol–water partition coefficient (Wildman–Crippen LogP) is 3.69. The highest BCUT2D eigenvalue weighted by Gasteiger charge is 2.40. The second-order valence-electron chi connectivity index (χ2n) is 7.89. The number of hydrogen-bond acceptors (Lipinski definition) is 4. The van der Waals surface area contributed by atoms with Crippen molar-refractivity contribution in [1.82, 2.24) is 10.6 Å². The van der Waals surface area contributed by atoms with E-state index in [1.54, 1.807) is 6.26 Å². The highest BCUT2D eigenvalue weighted by Crippen LogP contribution is 2.34. The van der Waals surface area contributed by atoms with Crippen molar-refractivity contribution in [3.05, 3.63) is 23.7 Å². The van der Waals surface area contributed by atoms with Crippen molar-refractivity contribution in [2.45, 2.75) is 76.5 Å². The molecule has 2 N–H and O–H groups in total. The van der Waals surface area contributed by atoms with E-state index in [0.717, 1.165) is 50.8 Å². The fourth-order valence-electron chi connectivity index (χ4n) is 3.49. The van der Waals surface area contributed by atoms with E-state index in [1.165, 1.54) is 5.56 Å². The van der Waals surface area contributed by atoms with E-state index in [1.807, 2.05) is 20.8 Å². The first-order chi connectivity index (χ1) is 10.9. The Hall–Kier alpha value is -1.49. The first-order valence-corrected chi connectivity index (χ1v) is 8.68. The van der Waals surface area contributed by atoms with Gasteiger partial charge in [0, 0.05) is 24.6 Å². The zero-order chi connectivity index (χ0) is 16.5. The Morgan fingerprint density at radius 3 is 2.83 bits per heavy atom. The topological polar surface area (TPSA) is 63.5 Å². The normalized spacial score (nSPS) is 22.8. The average molecular weight is 320 g/mol. The summed E-state index contributed by atoms with van der Waals surface area (Å²) < 4.78 is 11.0. The number of fused-ring (bicyclic) bond motifs is 1. The molecule has 23 heavy (non-hydrogen) atoms. The molecule has 1 saturated carbocycles. The highest BCUT2D eigenvalue weighted by molar-refractivity contribution is 5.69. The molecule has 0 saturated heterocycles. The number of carbonyl (C=O) groups excluding carboxylic acids is 1. The van der Waals surface area contributed by atoms with Crippen LogP contribution >= 0.6 is 0 Å². The number of ether oxygens (including phenoxy) is 1. The monoisotopic (exact) mass is 320 g/mol. The van der Waals surface area contributed by atoms with Crippen LogP contribution in [-0.2, 0) is 11.2 Å². The van der Waals surface area contributed by atoms with E-state index in [0.29, 0.717) is 6.04 Å². The van der Waals surface area contributed by atoms with Crippen LogP contribution in [0.5, 0.6) is 0 Å². The summed E-state index contributed by atoms with van der Waals surface area (Å²) in [5.41, 5.74) is 0.657. The Bertz CT molecular complexity index is 555. The molecule has 0 bridgehead atoms. The smallest absolute Gasteiger partial charge is 0.408 e. The van der Waals surface area contributed by atoms with Gasteiger partial charge in [-0.05, 0) is 58.9 Å². The van der Waals surface area contributed by atoms with Crippen LogP contribution in [0.3, 0.4) is 0 Å². The zero-order valence-corrected chi connectivity index (χ0v) is 14.4. The van der Waals surface area contributed by atoms with Gasteiger partial charge in [-0.3, -0.25) is 0 Å². The van der Waals surface area contributed by atoms with E-state index in [-0.39, 0.29) is 11.6 Å². The summed E-state index contributed by atoms with van der Waals surface area (Å²) in [4.78, 5) is 12.1. The number of rotatable bonds is 4. The maximum absolute atomic E-state index is 12.1. The molecule has 0 aliphatic heterocycles. The summed E-state index contributed by atoms with van der Waals surface area (Å²) >= 11 is 0. The number of alkyl carbamates (subject to hydrolysis) is 1. The number of hydrogen-bond donors (Lipinski definition) is 2. The average Bonchev–Trinajstić information content (AvgIpc) is 2.88. The van der Waals surface area contributed by atoms with Crippen LogP contribution in [0.4, 0.5) is 4.79 Å². The molecule has 5 nitrogen and oxygen atoms in total. The molecule has 1 fully saturated rings. The van der Waals surface area contributed by atoms with Gasteiger partial charge in [-0.1, -0.05) is 0 Å². The van der Waals surface area contributed by atoms with Crippen LogP contribution in [0.15, 0.2) is 16.7 Å². The molecule has 128 valence electrons. The van der Waals surface area contributed by atoms with Gasteiger partial charge in [-0.25, -0.2) is 4.79 Å². The quantitative estimate of drug-likeness (QED) is 0.888. The maximum Gasteiger partial charge on any atom is 0.408 e. The molecule has 1 heterocycles. The Morgan fingerprint density at radius 1 is 1.39 bits per heavy atom. The largest absolute Gasteiger partial charge is 0.469 e. The van der Waals surface area contributed by atoms with E-state index in [2.05, 4.69) is 16.7 Å². The molecule has 3 rings (SSSR count). The van der Waals surface area contributed by atoms with Crippen molar-refractivity contribution in [1.29, 1.82) is 0 Å². The van der Waals surface area contributed by atoms with Gasteiger partial charge in [0.15, 0.2) is 0 Å². The third-order valence-electron chi connectivity index (χ3n) is 4.82. The predicted molar refractivity (Wildman–Crippen MR) is 88.3 cm³/mol. The summed E-state index contributed by atoms with van der Waals surface area (Å²) in [6, 6.07) is 2.40. The van der Waals surface area contributed by atoms with Crippen LogP contribution in [0.1, 0.15) is 70.2 Å². The lowest BCUT2D eigenvalue weighted by Crippen LogP contribution is -2.60. The lowest BCUT2D eigenvalue weighted by molar-refractivity contribution is 0.0378. The molecule has 2 aliphatic carbocycles. The summed E-state index contributed by atoms with van der Waals surface area (Å²) in [5, 5.41) is 6.74.